The summed E-state index contributed by atoms with van der Waals surface area (Å²) in [5, 5.41) is 3.19. The van der Waals surface area contributed by atoms with Crippen molar-refractivity contribution in [2.24, 2.45) is 5.73 Å². The summed E-state index contributed by atoms with van der Waals surface area (Å²) >= 11 is 0. The van der Waals surface area contributed by atoms with Gasteiger partial charge in [0.05, 0.1) is 11.1 Å². The van der Waals surface area contributed by atoms with Crippen molar-refractivity contribution in [2.75, 3.05) is 17.6 Å². The molecule has 1 aromatic carbocycles. The second kappa shape index (κ2) is 8.80. The first-order chi connectivity index (χ1) is 13.6. The third-order valence-electron chi connectivity index (χ3n) is 4.18. The van der Waals surface area contributed by atoms with Crippen molar-refractivity contribution in [3.8, 4) is 11.8 Å². The first-order valence-electron chi connectivity index (χ1n) is 8.83. The molecule has 6 nitrogen and oxygen atoms in total. The highest BCUT2D eigenvalue weighted by Crippen LogP contribution is 2.19. The van der Waals surface area contributed by atoms with Gasteiger partial charge in [-0.15, -0.1) is 5.92 Å². The number of pyridine rings is 2. The molecule has 0 saturated heterocycles. The van der Waals surface area contributed by atoms with Crippen LogP contribution in [-0.2, 0) is 0 Å². The summed E-state index contributed by atoms with van der Waals surface area (Å²) in [5.74, 6) is 6.11. The molecule has 2 heterocycles. The molecule has 0 aliphatic heterocycles. The smallest absolute Gasteiger partial charge is 0.216 e. The second-order valence-electron chi connectivity index (χ2n) is 6.13. The van der Waals surface area contributed by atoms with E-state index in [1.165, 1.54) is 6.20 Å². The van der Waals surface area contributed by atoms with Gasteiger partial charge in [0.2, 0.25) is 5.78 Å². The lowest BCUT2D eigenvalue weighted by molar-refractivity contribution is 0.103. The maximum Gasteiger partial charge on any atom is 0.216 e. The Labute approximate surface area is 171 Å². The number of nitrogens with one attached hydrogen (secondary N) is 1. The molecule has 28 heavy (non-hydrogen) atoms. The van der Waals surface area contributed by atoms with Gasteiger partial charge in [0.1, 0.15) is 17.3 Å². The van der Waals surface area contributed by atoms with E-state index >= 15 is 0 Å². The number of nitrogen functional groups attached to an aromatic ring is 1. The van der Waals surface area contributed by atoms with E-state index in [0.717, 1.165) is 5.56 Å². The van der Waals surface area contributed by atoms with Crippen molar-refractivity contribution in [1.29, 1.82) is 0 Å². The quantitative estimate of drug-likeness (QED) is 0.440. The van der Waals surface area contributed by atoms with Crippen LogP contribution in [0.5, 0.6) is 0 Å². The van der Waals surface area contributed by atoms with Crippen molar-refractivity contribution >= 4 is 17.4 Å². The highest BCUT2D eigenvalue weighted by molar-refractivity contribution is 6.11. The van der Waals surface area contributed by atoms with Gasteiger partial charge < -0.3 is 16.8 Å². The van der Waals surface area contributed by atoms with E-state index in [2.05, 4.69) is 27.1 Å². The highest BCUT2D eigenvalue weighted by atomic mass is 16.1. The Morgan fingerprint density at radius 3 is 2.68 bits per heavy atom. The van der Waals surface area contributed by atoms with Gasteiger partial charge >= 0.3 is 0 Å². The number of hydrogen-bond acceptors (Lipinski definition) is 6. The number of nitrogens with two attached hydrogens (primary N) is 2. The lowest BCUT2D eigenvalue weighted by atomic mass is 10.0. The number of nitrogens with zero attached hydrogens (tertiary/aromatic N) is 2. The van der Waals surface area contributed by atoms with Crippen LogP contribution in [-0.4, -0.2) is 22.3 Å². The van der Waals surface area contributed by atoms with Crippen LogP contribution in [0.4, 0.5) is 11.6 Å². The average molecular weight is 382 g/mol. The minimum absolute atomic E-state index is 0. The van der Waals surface area contributed by atoms with E-state index in [-0.39, 0.29) is 30.5 Å². The number of anilines is 2. The minimum atomic E-state index is -0.320. The number of ketones is 1. The molecule has 0 radical (unpaired) electrons. The SMILES string of the molecule is CC#Cc1ccc(NCC(N)c2ccccc2)nc1C(=O)c1cccnc1N.[HH].[HH].[HH].[HH].[HH]. The maximum atomic E-state index is 13.0. The van der Waals surface area contributed by atoms with E-state index in [1.54, 1.807) is 31.2 Å². The molecule has 2 aromatic heterocycles. The van der Waals surface area contributed by atoms with Crippen LogP contribution in [0.15, 0.2) is 60.8 Å². The van der Waals surface area contributed by atoms with E-state index in [0.29, 0.717) is 23.5 Å². The molecule has 3 aromatic rings. The molecule has 0 bridgehead atoms. The number of benzene rings is 1. The summed E-state index contributed by atoms with van der Waals surface area (Å²) in [5.41, 5.74) is 14.2. The molecular formula is C22H31N5O. The summed E-state index contributed by atoms with van der Waals surface area (Å²) in [6.07, 6.45) is 1.54. The standard InChI is InChI=1S/C22H21N5O.5H2/c1-2-7-16-11-12-19(26-14-18(23)15-8-4-3-5-9-15)27-20(16)21(28)17-10-6-13-25-22(17)24;;;;;/h3-6,8-13,18H,14,23H2,1H3,(H2,24,25)(H,26,27);5*1H. The van der Waals surface area contributed by atoms with Gasteiger partial charge in [0.25, 0.3) is 0 Å². The molecule has 1 atom stereocenters. The third kappa shape index (κ3) is 4.34. The van der Waals surface area contributed by atoms with Crippen LogP contribution in [0.25, 0.3) is 0 Å². The molecule has 0 amide bonds. The van der Waals surface area contributed by atoms with Gasteiger partial charge in [0, 0.05) is 25.9 Å². The van der Waals surface area contributed by atoms with Crippen LogP contribution < -0.4 is 16.8 Å². The molecule has 0 spiro atoms. The molecule has 1 unspecified atom stereocenters. The largest absolute Gasteiger partial charge is 0.383 e. The number of aromatic nitrogens is 2. The van der Waals surface area contributed by atoms with Crippen molar-refractivity contribution < 1.29 is 11.9 Å². The van der Waals surface area contributed by atoms with Crippen LogP contribution in [0.2, 0.25) is 0 Å². The number of carbonyl (C=O) groups excluding carboxylic acids is 1. The fraction of sp³-hybridized carbons (Fsp3) is 0.136. The molecule has 5 N–H and O–H groups in total. The van der Waals surface area contributed by atoms with Crippen molar-refractivity contribution in [3.05, 3.63) is 83.2 Å². The summed E-state index contributed by atoms with van der Waals surface area (Å²) in [4.78, 5) is 21.4. The van der Waals surface area contributed by atoms with Gasteiger partial charge in [-0.25, -0.2) is 9.97 Å². The van der Waals surface area contributed by atoms with Crippen LogP contribution >= 0.6 is 0 Å². The normalized spacial score (nSPS) is 11.2. The average Bonchev–Trinajstić information content (AvgIpc) is 2.73. The predicted octanol–water partition coefficient (Wildman–Crippen LogP) is 4.00. The molecular weight excluding hydrogens is 350 g/mol. The summed E-state index contributed by atoms with van der Waals surface area (Å²) < 4.78 is 0. The molecule has 6 heteroatoms. The topological polar surface area (TPSA) is 107 Å². The Hall–Kier alpha value is -3.69. The Kier molecular flexibility index (Phi) is 6.00. The lowest BCUT2D eigenvalue weighted by Crippen LogP contribution is -2.21. The highest BCUT2D eigenvalue weighted by Gasteiger charge is 2.18. The van der Waals surface area contributed by atoms with E-state index in [9.17, 15) is 4.79 Å². The Morgan fingerprint density at radius 2 is 1.96 bits per heavy atom. The second-order valence-corrected chi connectivity index (χ2v) is 6.13. The molecule has 0 saturated carbocycles. The van der Waals surface area contributed by atoms with Crippen molar-refractivity contribution in [3.63, 3.8) is 0 Å². The molecule has 150 valence electrons. The number of hydrogen-bond donors (Lipinski definition) is 3. The van der Waals surface area contributed by atoms with Crippen molar-refractivity contribution in [2.45, 2.75) is 13.0 Å². The zero-order valence-corrected chi connectivity index (χ0v) is 15.5. The van der Waals surface area contributed by atoms with Gasteiger partial charge in [-0.3, -0.25) is 4.79 Å². The van der Waals surface area contributed by atoms with Gasteiger partial charge in [-0.1, -0.05) is 36.3 Å². The predicted molar refractivity (Wildman–Crippen MR) is 121 cm³/mol. The zero-order chi connectivity index (χ0) is 19.9. The van der Waals surface area contributed by atoms with Crippen LogP contribution in [0.3, 0.4) is 0 Å². The fourth-order valence-electron chi connectivity index (χ4n) is 2.74. The summed E-state index contributed by atoms with van der Waals surface area (Å²) in [6, 6.07) is 16.4. The number of carbonyl (C=O) groups is 1. The molecule has 0 fully saturated rings. The first-order valence-corrected chi connectivity index (χ1v) is 8.83. The zero-order valence-electron chi connectivity index (χ0n) is 15.5. The molecule has 3 rings (SSSR count). The van der Waals surface area contributed by atoms with Crippen molar-refractivity contribution in [1.82, 2.24) is 9.97 Å². The Bertz CT molecular complexity index is 1060. The van der Waals surface area contributed by atoms with Gasteiger partial charge in [0.15, 0.2) is 0 Å². The Morgan fingerprint density at radius 1 is 1.18 bits per heavy atom. The fourth-order valence-corrected chi connectivity index (χ4v) is 2.74. The first kappa shape index (κ1) is 19.1. The monoisotopic (exact) mass is 381 g/mol. The van der Waals surface area contributed by atoms with Gasteiger partial charge in [-0.05, 0) is 36.8 Å². The Balaban J connectivity index is -0.00000180. The molecule has 0 aliphatic rings. The van der Waals surface area contributed by atoms with E-state index in [1.807, 2.05) is 30.3 Å². The summed E-state index contributed by atoms with van der Waals surface area (Å²) in [7, 11) is 0. The van der Waals surface area contributed by atoms with E-state index < -0.39 is 0 Å². The lowest BCUT2D eigenvalue weighted by Gasteiger charge is -2.14. The number of rotatable bonds is 6. The van der Waals surface area contributed by atoms with Crippen LogP contribution in [0.1, 0.15) is 47.3 Å². The third-order valence-corrected chi connectivity index (χ3v) is 4.18. The van der Waals surface area contributed by atoms with Crippen LogP contribution in [0, 0.1) is 11.8 Å². The minimum Gasteiger partial charge on any atom is -0.383 e. The van der Waals surface area contributed by atoms with E-state index in [4.69, 9.17) is 11.5 Å². The maximum absolute atomic E-state index is 13.0. The summed E-state index contributed by atoms with van der Waals surface area (Å²) in [6.45, 7) is 2.18. The molecule has 0 aliphatic carbocycles. The van der Waals surface area contributed by atoms with Gasteiger partial charge in [-0.2, -0.15) is 0 Å².